The zero-order chi connectivity index (χ0) is 54.1. The molecule has 0 saturated heterocycles. The summed E-state index contributed by atoms with van der Waals surface area (Å²) in [6.45, 7) is 9.44. The first-order valence-corrected chi connectivity index (χ1v) is 29.5. The predicted molar refractivity (Wildman–Crippen MR) is 312 cm³/mol. The van der Waals surface area contributed by atoms with Gasteiger partial charge in [0.15, 0.2) is 24.0 Å². The van der Waals surface area contributed by atoms with Crippen molar-refractivity contribution in [1.29, 1.82) is 0 Å². The van der Waals surface area contributed by atoms with Gasteiger partial charge in [-0.2, -0.15) is 0 Å². The smallest absolute Gasteiger partial charge is 0.342 e. The Morgan fingerprint density at radius 1 is 0.372 bits per heavy atom. The summed E-state index contributed by atoms with van der Waals surface area (Å²) in [4.78, 5) is 70.7. The minimum atomic E-state index is -0.443. The highest BCUT2D eigenvalue weighted by atomic mass is 32.1. The van der Waals surface area contributed by atoms with E-state index in [9.17, 15) is 19.2 Å². The minimum absolute atomic E-state index is 0.297. The fourth-order valence-corrected chi connectivity index (χ4v) is 12.8. The Morgan fingerprint density at radius 2 is 0.667 bits per heavy atom. The number of benzene rings is 4. The summed E-state index contributed by atoms with van der Waals surface area (Å²) in [5.74, 6) is -1.75. The van der Waals surface area contributed by atoms with Crippen molar-refractivity contribution in [2.24, 2.45) is 0 Å². The van der Waals surface area contributed by atoms with Gasteiger partial charge in [0.05, 0.1) is 37.6 Å². The lowest BCUT2D eigenvalue weighted by Crippen LogP contribution is -2.08. The Labute approximate surface area is 467 Å². The number of thiophene rings is 4. The van der Waals surface area contributed by atoms with Gasteiger partial charge in [0, 0.05) is 39.0 Å². The van der Waals surface area contributed by atoms with Crippen molar-refractivity contribution < 1.29 is 47.0 Å². The number of hydrogen-bond acceptors (Lipinski definition) is 16. The Morgan fingerprint density at radius 3 is 1.00 bits per heavy atom. The Kier molecular flexibility index (Phi) is 17.2. The van der Waals surface area contributed by atoms with Crippen LogP contribution in [-0.2, 0) is 18.9 Å². The van der Waals surface area contributed by atoms with Gasteiger partial charge in [-0.15, -0.1) is 45.3 Å². The summed E-state index contributed by atoms with van der Waals surface area (Å²) in [6.07, 6.45) is 9.27. The molecule has 0 aliphatic rings. The number of hydrogen-bond donors (Lipinski definition) is 0. The van der Waals surface area contributed by atoms with E-state index >= 15 is 0 Å². The number of esters is 4. The van der Waals surface area contributed by atoms with Crippen LogP contribution in [0.2, 0.25) is 0 Å². The fourth-order valence-electron chi connectivity index (χ4n) is 8.70. The Balaban J connectivity index is 0.977. The van der Waals surface area contributed by atoms with Gasteiger partial charge >= 0.3 is 23.9 Å². The molecule has 78 heavy (non-hydrogen) atoms. The number of rotatable bonds is 23. The summed E-state index contributed by atoms with van der Waals surface area (Å²) in [7, 11) is 0. The van der Waals surface area contributed by atoms with Crippen LogP contribution < -0.4 is 0 Å². The highest BCUT2D eigenvalue weighted by Gasteiger charge is 2.23. The van der Waals surface area contributed by atoms with Crippen LogP contribution in [0, 0.1) is 0 Å². The molecular formula is C62H56N2O10S4. The molecule has 0 amide bonds. The van der Waals surface area contributed by atoms with Gasteiger partial charge in [0.1, 0.15) is 22.2 Å². The van der Waals surface area contributed by atoms with Crippen molar-refractivity contribution in [3.05, 3.63) is 144 Å². The Bertz CT molecular complexity index is 3530. The highest BCUT2D eigenvalue weighted by Crippen LogP contribution is 2.45. The van der Waals surface area contributed by atoms with E-state index in [0.717, 1.165) is 124 Å². The number of oxazole rings is 2. The van der Waals surface area contributed by atoms with E-state index in [2.05, 4.69) is 58.5 Å². The number of carbonyl (C=O) groups is 4. The largest absolute Gasteiger partial charge is 0.462 e. The number of fused-ring (bicyclic) bond motifs is 2. The topological polar surface area (TPSA) is 157 Å². The summed E-state index contributed by atoms with van der Waals surface area (Å²) in [5, 5.41) is 0. The van der Waals surface area contributed by atoms with Crippen LogP contribution in [0.3, 0.4) is 0 Å². The van der Waals surface area contributed by atoms with E-state index in [1.807, 2.05) is 88.4 Å². The van der Waals surface area contributed by atoms with Crippen LogP contribution in [0.25, 0.3) is 94.6 Å². The van der Waals surface area contributed by atoms with Crippen molar-refractivity contribution >= 4 is 91.4 Å². The second kappa shape index (κ2) is 24.9. The first-order chi connectivity index (χ1) is 38.1. The first-order valence-electron chi connectivity index (χ1n) is 26.3. The first kappa shape index (κ1) is 53.9. The summed E-state index contributed by atoms with van der Waals surface area (Å²) < 4.78 is 34.0. The lowest BCUT2D eigenvalue weighted by Gasteiger charge is -2.13. The SMILES string of the molecule is CCCCOC(=O)c1cc(-c2cc(C(=O)OCCCC)cc(-c3ccc(-c4ccc(-c5cc(C(=O)OCCCC)c6ocnc6c5)s4)s3)c2)cc(-c2ccc(-c3ccc(-c4cc(C(=O)OCCCC)c5ocnc5c4)s3)s2)c1. The van der Waals surface area contributed by atoms with Gasteiger partial charge in [-0.25, -0.2) is 29.1 Å². The standard InChI is InChI=1S/C62H56N2O10S4/c1-5-9-21-69-59(65)43-27-37(25-39(29-43)49-13-17-53(75-49)55-19-15-51(77-55)41-31-45(61(67)71-23-11-7-3)57-47(33-41)63-35-73-57)38-26-40(30-44(28-38)60(66)70-22-10-6-2)50-14-18-54(76-50)56-20-16-52(78-56)42-32-46(62(68)72-24-12-8-4)58-48(34-42)64-36-74-58/h13-20,25-36H,5-12,21-24H2,1-4H3. The third-order valence-corrected chi connectivity index (χ3v) is 17.9. The van der Waals surface area contributed by atoms with Crippen molar-refractivity contribution in [2.75, 3.05) is 26.4 Å². The molecule has 0 saturated carbocycles. The number of nitrogens with zero attached hydrogens (tertiary/aromatic N) is 2. The van der Waals surface area contributed by atoms with E-state index in [0.29, 0.717) is 70.9 Å². The molecule has 16 heteroatoms. The van der Waals surface area contributed by atoms with Gasteiger partial charge in [-0.3, -0.25) is 0 Å². The van der Waals surface area contributed by atoms with Gasteiger partial charge < -0.3 is 27.8 Å². The molecule has 0 N–H and O–H groups in total. The number of carbonyl (C=O) groups excluding carboxylic acids is 4. The van der Waals surface area contributed by atoms with E-state index < -0.39 is 23.9 Å². The maximum absolute atomic E-state index is 13.9. The molecule has 0 bridgehead atoms. The van der Waals surface area contributed by atoms with Gasteiger partial charge in [0.25, 0.3) is 0 Å². The molecule has 0 atom stereocenters. The van der Waals surface area contributed by atoms with Crippen molar-refractivity contribution in [3.8, 4) is 72.4 Å². The summed E-state index contributed by atoms with van der Waals surface area (Å²) >= 11 is 6.40. The van der Waals surface area contributed by atoms with Crippen LogP contribution in [0.1, 0.15) is 120 Å². The maximum atomic E-state index is 13.9. The van der Waals surface area contributed by atoms with Crippen LogP contribution in [0.15, 0.2) is 131 Å². The predicted octanol–water partition coefficient (Wildman–Crippen LogP) is 17.7. The summed E-state index contributed by atoms with van der Waals surface area (Å²) in [6, 6.07) is 35.4. The van der Waals surface area contributed by atoms with Gasteiger partial charge in [-0.05, 0) is 168 Å². The molecule has 6 aromatic heterocycles. The van der Waals surface area contributed by atoms with E-state index in [1.54, 1.807) is 45.3 Å². The maximum Gasteiger partial charge on any atom is 0.342 e. The number of unbranched alkanes of at least 4 members (excludes halogenated alkanes) is 4. The van der Waals surface area contributed by atoms with E-state index in [1.165, 1.54) is 12.8 Å². The minimum Gasteiger partial charge on any atom is -0.462 e. The van der Waals surface area contributed by atoms with Gasteiger partial charge in [-0.1, -0.05) is 53.4 Å². The molecule has 4 aromatic carbocycles. The quantitative estimate of drug-likeness (QED) is 0.0340. The average Bonchev–Trinajstić information content (AvgIpc) is 4.39. The lowest BCUT2D eigenvalue weighted by molar-refractivity contribution is 0.0490. The third-order valence-electron chi connectivity index (χ3n) is 12.9. The van der Waals surface area contributed by atoms with Crippen LogP contribution >= 0.6 is 45.3 Å². The molecule has 12 nitrogen and oxygen atoms in total. The molecule has 0 aliphatic heterocycles. The number of aromatic nitrogens is 2. The van der Waals surface area contributed by atoms with Crippen molar-refractivity contribution in [1.82, 2.24) is 9.97 Å². The molecule has 0 aliphatic carbocycles. The molecule has 0 fully saturated rings. The zero-order valence-corrected chi connectivity index (χ0v) is 46.9. The highest BCUT2D eigenvalue weighted by molar-refractivity contribution is 7.26. The normalized spacial score (nSPS) is 11.4. The zero-order valence-electron chi connectivity index (χ0n) is 43.6. The second-order valence-electron chi connectivity index (χ2n) is 18.7. The molecular weight excluding hydrogens is 1060 g/mol. The molecule has 6 heterocycles. The Hall–Kier alpha value is -7.50. The molecule has 0 radical (unpaired) electrons. The third kappa shape index (κ3) is 12.1. The molecule has 10 aromatic rings. The molecule has 398 valence electrons. The lowest BCUT2D eigenvalue weighted by atomic mass is 9.95. The van der Waals surface area contributed by atoms with Crippen LogP contribution in [-0.4, -0.2) is 60.3 Å². The van der Waals surface area contributed by atoms with Crippen LogP contribution in [0.4, 0.5) is 0 Å². The van der Waals surface area contributed by atoms with Crippen molar-refractivity contribution in [2.45, 2.75) is 79.1 Å². The van der Waals surface area contributed by atoms with Gasteiger partial charge in [0.2, 0.25) is 0 Å². The molecule has 0 unspecified atom stereocenters. The molecule has 10 rings (SSSR count). The monoisotopic (exact) mass is 1120 g/mol. The average molecular weight is 1120 g/mol. The summed E-state index contributed by atoms with van der Waals surface area (Å²) in [5.41, 5.74) is 8.17. The second-order valence-corrected chi connectivity index (χ2v) is 23.0. The molecule has 0 spiro atoms. The van der Waals surface area contributed by atoms with Crippen molar-refractivity contribution in [3.63, 3.8) is 0 Å². The van der Waals surface area contributed by atoms with E-state index in [-0.39, 0.29) is 0 Å². The van der Waals surface area contributed by atoms with Crippen LogP contribution in [0.5, 0.6) is 0 Å². The van der Waals surface area contributed by atoms with E-state index in [4.69, 9.17) is 27.8 Å². The fraction of sp³-hybridized carbons (Fsp3) is 0.258. The number of ether oxygens (including phenoxy) is 4.